The third-order valence-corrected chi connectivity index (χ3v) is 4.22. The monoisotopic (exact) mass is 289 g/mol. The average molecular weight is 289 g/mol. The van der Waals surface area contributed by atoms with E-state index in [4.69, 9.17) is 5.73 Å². The molecular formula is C17H27N3O. The summed E-state index contributed by atoms with van der Waals surface area (Å²) in [5.74, 6) is 0.582. The van der Waals surface area contributed by atoms with Crippen LogP contribution in [-0.4, -0.2) is 18.5 Å². The van der Waals surface area contributed by atoms with Gasteiger partial charge in [0.2, 0.25) is 5.91 Å². The molecule has 1 saturated carbocycles. The van der Waals surface area contributed by atoms with Crippen molar-refractivity contribution in [2.45, 2.75) is 45.6 Å². The molecule has 1 aliphatic carbocycles. The van der Waals surface area contributed by atoms with Gasteiger partial charge in [-0.15, -0.1) is 0 Å². The highest BCUT2D eigenvalue weighted by molar-refractivity contribution is 5.92. The van der Waals surface area contributed by atoms with Crippen LogP contribution < -0.4 is 16.4 Å². The van der Waals surface area contributed by atoms with E-state index in [1.807, 2.05) is 38.1 Å². The van der Waals surface area contributed by atoms with Gasteiger partial charge in [-0.1, -0.05) is 32.8 Å². The summed E-state index contributed by atoms with van der Waals surface area (Å²) in [6, 6.07) is 8.39. The fourth-order valence-electron chi connectivity index (χ4n) is 2.87. The molecule has 2 unspecified atom stereocenters. The molecule has 0 aliphatic heterocycles. The van der Waals surface area contributed by atoms with Gasteiger partial charge in [0.25, 0.3) is 0 Å². The van der Waals surface area contributed by atoms with Gasteiger partial charge in [0, 0.05) is 23.3 Å². The third-order valence-electron chi connectivity index (χ3n) is 4.22. The number of hydrogen-bond donors (Lipinski definition) is 3. The molecule has 21 heavy (non-hydrogen) atoms. The highest BCUT2D eigenvalue weighted by Crippen LogP contribution is 2.27. The minimum absolute atomic E-state index is 0.0124. The summed E-state index contributed by atoms with van der Waals surface area (Å²) in [5, 5.41) is 6.53. The predicted octanol–water partition coefficient (Wildman–Crippen LogP) is 3.21. The Hall–Kier alpha value is -1.55. The standard InChI is InChI=1S/C17H27N3O/c1-12(2)17(21)20-15-8-5-7-14(10-15)19-16-9-4-3-6-13(16)11-18/h5,7-8,10,12-13,16,19H,3-4,6,9,11,18H2,1-2H3,(H,20,21). The van der Waals surface area contributed by atoms with Crippen molar-refractivity contribution < 1.29 is 4.79 Å². The summed E-state index contributed by atoms with van der Waals surface area (Å²) in [6.45, 7) is 4.53. The number of carbonyl (C=O) groups is 1. The summed E-state index contributed by atoms with van der Waals surface area (Å²) < 4.78 is 0. The fraction of sp³-hybridized carbons (Fsp3) is 0.588. The normalized spacial score (nSPS) is 22.1. The van der Waals surface area contributed by atoms with Crippen molar-refractivity contribution in [3.63, 3.8) is 0 Å². The molecule has 1 amide bonds. The van der Waals surface area contributed by atoms with Gasteiger partial charge >= 0.3 is 0 Å². The number of anilines is 2. The Bertz CT molecular complexity index is 473. The van der Waals surface area contributed by atoms with E-state index in [-0.39, 0.29) is 11.8 Å². The Balaban J connectivity index is 2.01. The Morgan fingerprint density at radius 3 is 2.71 bits per heavy atom. The van der Waals surface area contributed by atoms with Crippen LogP contribution in [0.2, 0.25) is 0 Å². The summed E-state index contributed by atoms with van der Waals surface area (Å²) in [4.78, 5) is 11.8. The fourth-order valence-corrected chi connectivity index (χ4v) is 2.87. The molecule has 2 rings (SSSR count). The zero-order valence-corrected chi connectivity index (χ0v) is 13.1. The van der Waals surface area contributed by atoms with E-state index < -0.39 is 0 Å². The second-order valence-corrected chi connectivity index (χ2v) is 6.26. The lowest BCUT2D eigenvalue weighted by atomic mass is 9.84. The van der Waals surface area contributed by atoms with Gasteiger partial charge in [-0.05, 0) is 43.5 Å². The molecule has 0 heterocycles. The first-order chi connectivity index (χ1) is 10.1. The minimum atomic E-state index is -0.0124. The van der Waals surface area contributed by atoms with Gasteiger partial charge in [-0.3, -0.25) is 4.79 Å². The van der Waals surface area contributed by atoms with Gasteiger partial charge in [-0.25, -0.2) is 0 Å². The first-order valence-electron chi connectivity index (χ1n) is 7.97. The third kappa shape index (κ3) is 4.46. The molecule has 0 spiro atoms. The summed E-state index contributed by atoms with van der Waals surface area (Å²) in [6.07, 6.45) is 4.92. The Morgan fingerprint density at radius 1 is 1.29 bits per heavy atom. The first-order valence-corrected chi connectivity index (χ1v) is 7.97. The van der Waals surface area contributed by atoms with Crippen LogP contribution in [0.15, 0.2) is 24.3 Å². The highest BCUT2D eigenvalue weighted by atomic mass is 16.1. The van der Waals surface area contributed by atoms with Crippen molar-refractivity contribution in [3.8, 4) is 0 Å². The molecule has 0 bridgehead atoms. The van der Waals surface area contributed by atoms with Gasteiger partial charge in [0.15, 0.2) is 0 Å². The van der Waals surface area contributed by atoms with E-state index in [0.29, 0.717) is 12.0 Å². The largest absolute Gasteiger partial charge is 0.382 e. The SMILES string of the molecule is CC(C)C(=O)Nc1cccc(NC2CCCCC2CN)c1. The molecule has 0 saturated heterocycles. The van der Waals surface area contributed by atoms with Crippen LogP contribution in [0.25, 0.3) is 0 Å². The van der Waals surface area contributed by atoms with Gasteiger partial charge in [0.05, 0.1) is 0 Å². The van der Waals surface area contributed by atoms with E-state index in [1.54, 1.807) is 0 Å². The smallest absolute Gasteiger partial charge is 0.226 e. The molecule has 4 nitrogen and oxygen atoms in total. The van der Waals surface area contributed by atoms with Crippen molar-refractivity contribution >= 4 is 17.3 Å². The van der Waals surface area contributed by atoms with E-state index >= 15 is 0 Å². The van der Waals surface area contributed by atoms with Gasteiger partial charge < -0.3 is 16.4 Å². The second kappa shape index (κ2) is 7.46. The molecule has 0 radical (unpaired) electrons. The van der Waals surface area contributed by atoms with E-state index in [1.165, 1.54) is 25.7 Å². The van der Waals surface area contributed by atoms with E-state index in [2.05, 4.69) is 10.6 Å². The van der Waals surface area contributed by atoms with Crippen molar-refractivity contribution in [2.75, 3.05) is 17.2 Å². The lowest BCUT2D eigenvalue weighted by Gasteiger charge is -2.32. The zero-order chi connectivity index (χ0) is 15.2. The van der Waals surface area contributed by atoms with Crippen LogP contribution in [0.1, 0.15) is 39.5 Å². The van der Waals surface area contributed by atoms with Crippen LogP contribution in [0.3, 0.4) is 0 Å². The number of hydrogen-bond acceptors (Lipinski definition) is 3. The Labute approximate surface area is 127 Å². The zero-order valence-electron chi connectivity index (χ0n) is 13.1. The summed E-state index contributed by atoms with van der Waals surface area (Å²) >= 11 is 0. The van der Waals surface area contributed by atoms with E-state index in [9.17, 15) is 4.79 Å². The van der Waals surface area contributed by atoms with Crippen molar-refractivity contribution in [3.05, 3.63) is 24.3 Å². The number of nitrogens with two attached hydrogens (primary N) is 1. The highest BCUT2D eigenvalue weighted by Gasteiger charge is 2.23. The second-order valence-electron chi connectivity index (χ2n) is 6.26. The van der Waals surface area contributed by atoms with Crippen LogP contribution in [0, 0.1) is 11.8 Å². The molecule has 1 fully saturated rings. The minimum Gasteiger partial charge on any atom is -0.382 e. The van der Waals surface area contributed by atoms with Crippen LogP contribution in [-0.2, 0) is 4.79 Å². The molecule has 1 aromatic rings. The van der Waals surface area contributed by atoms with Crippen molar-refractivity contribution in [1.82, 2.24) is 0 Å². The Kier molecular flexibility index (Phi) is 5.62. The Morgan fingerprint density at radius 2 is 2.00 bits per heavy atom. The van der Waals surface area contributed by atoms with Crippen molar-refractivity contribution in [1.29, 1.82) is 0 Å². The van der Waals surface area contributed by atoms with Crippen molar-refractivity contribution in [2.24, 2.45) is 17.6 Å². The maximum atomic E-state index is 11.8. The number of amides is 1. The molecule has 0 aromatic heterocycles. The quantitative estimate of drug-likeness (QED) is 0.779. The lowest BCUT2D eigenvalue weighted by Crippen LogP contribution is -2.36. The number of benzene rings is 1. The molecule has 4 heteroatoms. The molecule has 116 valence electrons. The first kappa shape index (κ1) is 15.8. The number of nitrogens with one attached hydrogen (secondary N) is 2. The molecule has 1 aromatic carbocycles. The average Bonchev–Trinajstić information content (AvgIpc) is 2.48. The summed E-state index contributed by atoms with van der Waals surface area (Å²) in [7, 11) is 0. The molecular weight excluding hydrogens is 262 g/mol. The maximum Gasteiger partial charge on any atom is 0.226 e. The molecule has 2 atom stereocenters. The topological polar surface area (TPSA) is 67.2 Å². The van der Waals surface area contributed by atoms with Crippen LogP contribution >= 0.6 is 0 Å². The van der Waals surface area contributed by atoms with Crippen LogP contribution in [0.4, 0.5) is 11.4 Å². The molecule has 1 aliphatic rings. The predicted molar refractivity (Wildman–Crippen MR) is 88.3 cm³/mol. The van der Waals surface area contributed by atoms with Crippen LogP contribution in [0.5, 0.6) is 0 Å². The number of carbonyl (C=O) groups excluding carboxylic acids is 1. The summed E-state index contributed by atoms with van der Waals surface area (Å²) in [5.41, 5.74) is 7.78. The van der Waals surface area contributed by atoms with Gasteiger partial charge in [-0.2, -0.15) is 0 Å². The van der Waals surface area contributed by atoms with Gasteiger partial charge in [0.1, 0.15) is 0 Å². The number of rotatable bonds is 5. The molecule has 4 N–H and O–H groups in total. The van der Waals surface area contributed by atoms with E-state index in [0.717, 1.165) is 17.9 Å². The lowest BCUT2D eigenvalue weighted by molar-refractivity contribution is -0.118. The maximum absolute atomic E-state index is 11.8.